The van der Waals surface area contributed by atoms with Gasteiger partial charge in [0.25, 0.3) is 0 Å². The molecule has 0 saturated heterocycles. The summed E-state index contributed by atoms with van der Waals surface area (Å²) >= 11 is 0. The van der Waals surface area contributed by atoms with Gasteiger partial charge in [0.05, 0.1) is 19.1 Å². The van der Waals surface area contributed by atoms with Crippen LogP contribution < -0.4 is 0 Å². The molecule has 0 spiro atoms. The molecule has 4 nitrogen and oxygen atoms in total. The molecule has 29 heavy (non-hydrogen) atoms. The maximum Gasteiger partial charge on any atom is 0.308 e. The highest BCUT2D eigenvalue weighted by atomic mass is 16.5. The number of esters is 2. The van der Waals surface area contributed by atoms with Gasteiger partial charge in [0.1, 0.15) is 0 Å². The molecule has 0 amide bonds. The second kappa shape index (κ2) is 18.9. The molecule has 0 saturated carbocycles. The molecule has 0 fully saturated rings. The van der Waals surface area contributed by atoms with Crippen molar-refractivity contribution in [3.05, 3.63) is 0 Å². The average molecular weight is 413 g/mol. The Kier molecular flexibility index (Phi) is 18.2. The smallest absolute Gasteiger partial charge is 0.308 e. The molecule has 1 atom stereocenters. The van der Waals surface area contributed by atoms with Crippen LogP contribution in [-0.2, 0) is 19.1 Å². The summed E-state index contributed by atoms with van der Waals surface area (Å²) in [5, 5.41) is 0. The van der Waals surface area contributed by atoms with Crippen molar-refractivity contribution >= 4 is 11.9 Å². The zero-order valence-electron chi connectivity index (χ0n) is 20.0. The summed E-state index contributed by atoms with van der Waals surface area (Å²) in [5.41, 5.74) is 0. The number of ether oxygens (including phenoxy) is 2. The maximum absolute atomic E-state index is 12.0. The van der Waals surface area contributed by atoms with Gasteiger partial charge in [-0.05, 0) is 31.1 Å². The molecular weight excluding hydrogens is 364 g/mol. The van der Waals surface area contributed by atoms with E-state index in [9.17, 15) is 9.59 Å². The Morgan fingerprint density at radius 1 is 0.655 bits per heavy atom. The van der Waals surface area contributed by atoms with Crippen LogP contribution in [0.3, 0.4) is 0 Å². The predicted octanol–water partition coefficient (Wildman–Crippen LogP) is 7.09. The minimum atomic E-state index is -0.0443. The topological polar surface area (TPSA) is 52.6 Å². The Labute approximate surface area is 180 Å². The van der Waals surface area contributed by atoms with Crippen LogP contribution in [0, 0.1) is 17.8 Å². The molecule has 4 heteroatoms. The summed E-state index contributed by atoms with van der Waals surface area (Å²) in [6.07, 6.45) is 14.5. The van der Waals surface area contributed by atoms with Crippen molar-refractivity contribution in [3.63, 3.8) is 0 Å². The SMILES string of the molecule is CCC(CCCCCCCCCCCCC(=O)OCC(C)C)C(=O)OCC(C)C. The summed E-state index contributed by atoms with van der Waals surface area (Å²) in [6.45, 7) is 11.4. The Hall–Kier alpha value is -1.06. The minimum absolute atomic E-state index is 0.00520. The van der Waals surface area contributed by atoms with Crippen LogP contribution in [0.15, 0.2) is 0 Å². The molecule has 0 radical (unpaired) electrons. The molecule has 1 unspecified atom stereocenters. The predicted molar refractivity (Wildman–Crippen MR) is 121 cm³/mol. The lowest BCUT2D eigenvalue weighted by Gasteiger charge is -2.15. The standard InChI is InChI=1S/C25H48O4/c1-6-23(25(27)29-20-22(4)5)17-15-13-11-9-7-8-10-12-14-16-18-24(26)28-19-21(2)3/h21-23H,6-20H2,1-5H3. The number of hydrogen-bond acceptors (Lipinski definition) is 4. The molecule has 0 N–H and O–H groups in total. The first-order valence-corrected chi connectivity index (χ1v) is 12.2. The van der Waals surface area contributed by atoms with Gasteiger partial charge in [-0.2, -0.15) is 0 Å². The molecule has 0 bridgehead atoms. The number of hydrogen-bond donors (Lipinski definition) is 0. The van der Waals surface area contributed by atoms with Gasteiger partial charge in [-0.15, -0.1) is 0 Å². The Balaban J connectivity index is 3.44. The monoisotopic (exact) mass is 412 g/mol. The number of carbonyl (C=O) groups is 2. The fourth-order valence-corrected chi connectivity index (χ4v) is 3.26. The van der Waals surface area contributed by atoms with E-state index in [1.165, 1.54) is 44.9 Å². The van der Waals surface area contributed by atoms with Crippen LogP contribution in [0.4, 0.5) is 0 Å². The van der Waals surface area contributed by atoms with Gasteiger partial charge in [0.15, 0.2) is 0 Å². The van der Waals surface area contributed by atoms with Crippen LogP contribution in [0.5, 0.6) is 0 Å². The van der Waals surface area contributed by atoms with Crippen LogP contribution in [-0.4, -0.2) is 25.2 Å². The van der Waals surface area contributed by atoms with E-state index in [-0.39, 0.29) is 17.9 Å². The van der Waals surface area contributed by atoms with Gasteiger partial charge in [-0.25, -0.2) is 0 Å². The first-order valence-electron chi connectivity index (χ1n) is 12.2. The Bertz CT molecular complexity index is 404. The second-order valence-corrected chi connectivity index (χ2v) is 9.28. The van der Waals surface area contributed by atoms with E-state index in [4.69, 9.17) is 9.47 Å². The first kappa shape index (κ1) is 27.9. The van der Waals surface area contributed by atoms with E-state index in [1.54, 1.807) is 0 Å². The summed E-state index contributed by atoms with van der Waals surface area (Å²) in [5.74, 6) is 0.851. The van der Waals surface area contributed by atoms with Crippen LogP contribution in [0.1, 0.15) is 118 Å². The lowest BCUT2D eigenvalue weighted by molar-refractivity contribution is -0.150. The van der Waals surface area contributed by atoms with Crippen molar-refractivity contribution in [2.45, 2.75) is 118 Å². The maximum atomic E-state index is 12.0. The molecule has 172 valence electrons. The lowest BCUT2D eigenvalue weighted by Crippen LogP contribution is -2.19. The second-order valence-electron chi connectivity index (χ2n) is 9.28. The van der Waals surface area contributed by atoms with Crippen molar-refractivity contribution in [1.82, 2.24) is 0 Å². The van der Waals surface area contributed by atoms with E-state index >= 15 is 0 Å². The van der Waals surface area contributed by atoms with E-state index in [1.807, 2.05) is 0 Å². The molecule has 0 heterocycles. The third-order valence-electron chi connectivity index (χ3n) is 5.15. The minimum Gasteiger partial charge on any atom is -0.465 e. The van der Waals surface area contributed by atoms with Crippen molar-refractivity contribution in [3.8, 4) is 0 Å². The van der Waals surface area contributed by atoms with E-state index in [0.29, 0.717) is 31.5 Å². The van der Waals surface area contributed by atoms with E-state index in [0.717, 1.165) is 32.1 Å². The molecule has 0 aromatic heterocycles. The molecule has 0 aromatic carbocycles. The fourth-order valence-electron chi connectivity index (χ4n) is 3.26. The van der Waals surface area contributed by atoms with Crippen molar-refractivity contribution in [1.29, 1.82) is 0 Å². The largest absolute Gasteiger partial charge is 0.465 e. The van der Waals surface area contributed by atoms with Crippen LogP contribution in [0.25, 0.3) is 0 Å². The average Bonchev–Trinajstić information content (AvgIpc) is 2.68. The summed E-state index contributed by atoms with van der Waals surface area (Å²) < 4.78 is 10.6. The highest BCUT2D eigenvalue weighted by Gasteiger charge is 2.17. The molecule has 0 rings (SSSR count). The summed E-state index contributed by atoms with van der Waals surface area (Å²) in [7, 11) is 0. The Morgan fingerprint density at radius 2 is 1.10 bits per heavy atom. The zero-order valence-corrected chi connectivity index (χ0v) is 20.0. The first-order chi connectivity index (χ1) is 13.9. The quantitative estimate of drug-likeness (QED) is 0.168. The molecule has 0 aliphatic heterocycles. The lowest BCUT2D eigenvalue weighted by atomic mass is 9.97. The third kappa shape index (κ3) is 18.7. The van der Waals surface area contributed by atoms with Gasteiger partial charge in [0, 0.05) is 6.42 Å². The number of unbranched alkanes of at least 4 members (excludes halogenated alkanes) is 9. The number of rotatable bonds is 19. The Morgan fingerprint density at radius 3 is 1.59 bits per heavy atom. The third-order valence-corrected chi connectivity index (χ3v) is 5.15. The highest BCUT2D eigenvalue weighted by molar-refractivity contribution is 5.72. The van der Waals surface area contributed by atoms with E-state index in [2.05, 4.69) is 34.6 Å². The molecule has 0 aromatic rings. The van der Waals surface area contributed by atoms with Crippen molar-refractivity contribution in [2.24, 2.45) is 17.8 Å². The number of carbonyl (C=O) groups excluding carboxylic acids is 2. The molecular formula is C25H48O4. The summed E-state index contributed by atoms with van der Waals surface area (Å²) in [6, 6.07) is 0. The van der Waals surface area contributed by atoms with Gasteiger partial charge in [-0.3, -0.25) is 9.59 Å². The van der Waals surface area contributed by atoms with Crippen LogP contribution >= 0.6 is 0 Å². The van der Waals surface area contributed by atoms with Gasteiger partial charge < -0.3 is 9.47 Å². The van der Waals surface area contributed by atoms with Gasteiger partial charge in [0.2, 0.25) is 0 Å². The van der Waals surface area contributed by atoms with E-state index < -0.39 is 0 Å². The normalized spacial score (nSPS) is 12.4. The molecule has 0 aliphatic rings. The fraction of sp³-hybridized carbons (Fsp3) is 0.920. The van der Waals surface area contributed by atoms with Crippen molar-refractivity contribution in [2.75, 3.05) is 13.2 Å². The zero-order chi connectivity index (χ0) is 21.9. The highest BCUT2D eigenvalue weighted by Crippen LogP contribution is 2.18. The van der Waals surface area contributed by atoms with Crippen LogP contribution in [0.2, 0.25) is 0 Å². The summed E-state index contributed by atoms with van der Waals surface area (Å²) in [4.78, 5) is 23.6. The van der Waals surface area contributed by atoms with Gasteiger partial charge >= 0.3 is 11.9 Å². The van der Waals surface area contributed by atoms with Gasteiger partial charge in [-0.1, -0.05) is 92.4 Å². The molecule has 0 aliphatic carbocycles. The van der Waals surface area contributed by atoms with Crippen molar-refractivity contribution < 1.29 is 19.1 Å².